The fraction of sp³-hybridized carbons (Fsp3) is 0.278. The molecule has 1 N–H and O–H groups in total. The molecule has 0 radical (unpaired) electrons. The summed E-state index contributed by atoms with van der Waals surface area (Å²) < 4.78 is 49.5. The number of halogens is 3. The maximum absolute atomic E-state index is 13.0. The Kier molecular flexibility index (Phi) is 5.56. The van der Waals surface area contributed by atoms with Crippen LogP contribution in [-0.2, 0) is 6.18 Å². The largest absolute Gasteiger partial charge is 0.493 e. The summed E-state index contributed by atoms with van der Waals surface area (Å²) in [6.07, 6.45) is -4.60. The second-order valence-corrected chi connectivity index (χ2v) is 5.35. The van der Waals surface area contributed by atoms with Crippen molar-refractivity contribution in [2.45, 2.75) is 19.1 Å². The first kappa shape index (κ1) is 18.6. The Morgan fingerprint density at radius 1 is 1.04 bits per heavy atom. The Morgan fingerprint density at radius 2 is 1.68 bits per heavy atom. The lowest BCUT2D eigenvalue weighted by molar-refractivity contribution is -0.137. The minimum absolute atomic E-state index is 0.415. The van der Waals surface area contributed by atoms with Crippen LogP contribution in [0.4, 0.5) is 13.2 Å². The second-order valence-electron chi connectivity index (χ2n) is 5.35. The van der Waals surface area contributed by atoms with Crippen molar-refractivity contribution in [2.24, 2.45) is 0 Å². The number of amides is 1. The van der Waals surface area contributed by atoms with Crippen molar-refractivity contribution >= 4 is 5.91 Å². The van der Waals surface area contributed by atoms with Crippen LogP contribution in [0.3, 0.4) is 0 Å². The number of rotatable bonds is 5. The van der Waals surface area contributed by atoms with Gasteiger partial charge < -0.3 is 14.8 Å². The molecule has 4 nitrogen and oxygen atoms in total. The van der Waals surface area contributed by atoms with E-state index in [0.717, 1.165) is 12.1 Å². The predicted octanol–water partition coefficient (Wildman–Crippen LogP) is 4.21. The lowest BCUT2D eigenvalue weighted by Crippen LogP contribution is -2.28. The highest BCUT2D eigenvalue weighted by Gasteiger charge is 2.35. The molecule has 1 atom stereocenters. The third-order valence-electron chi connectivity index (χ3n) is 3.73. The summed E-state index contributed by atoms with van der Waals surface area (Å²) in [5, 5.41) is 2.58. The Balaban J connectivity index is 2.24. The highest BCUT2D eigenvalue weighted by atomic mass is 19.4. The van der Waals surface area contributed by atoms with E-state index in [9.17, 15) is 18.0 Å². The van der Waals surface area contributed by atoms with Crippen LogP contribution in [0.15, 0.2) is 42.5 Å². The molecule has 0 aliphatic carbocycles. The van der Waals surface area contributed by atoms with Crippen LogP contribution < -0.4 is 14.8 Å². The van der Waals surface area contributed by atoms with Crippen LogP contribution >= 0.6 is 0 Å². The van der Waals surface area contributed by atoms with Crippen LogP contribution in [0.1, 0.15) is 34.5 Å². The van der Waals surface area contributed by atoms with Gasteiger partial charge in [0.2, 0.25) is 0 Å². The van der Waals surface area contributed by atoms with Crippen molar-refractivity contribution in [3.8, 4) is 11.5 Å². The summed E-state index contributed by atoms with van der Waals surface area (Å²) in [6.45, 7) is 1.68. The molecule has 0 aliphatic heterocycles. The Labute approximate surface area is 143 Å². The molecule has 0 aromatic heterocycles. The number of hydrogen-bond acceptors (Lipinski definition) is 3. The summed E-state index contributed by atoms with van der Waals surface area (Å²) in [6, 6.07) is 9.20. The minimum atomic E-state index is -4.60. The Hall–Kier alpha value is -2.70. The molecule has 0 saturated carbocycles. The Bertz CT molecular complexity index is 759. The maximum Gasteiger partial charge on any atom is 0.417 e. The van der Waals surface area contributed by atoms with E-state index >= 15 is 0 Å². The van der Waals surface area contributed by atoms with Gasteiger partial charge in [-0.25, -0.2) is 0 Å². The number of carbonyl (C=O) groups excluding carboxylic acids is 1. The summed E-state index contributed by atoms with van der Waals surface area (Å²) in [5.41, 5.74) is -0.704. The summed E-state index contributed by atoms with van der Waals surface area (Å²) >= 11 is 0. The van der Waals surface area contributed by atoms with Crippen LogP contribution in [0.2, 0.25) is 0 Å². The first-order valence-electron chi connectivity index (χ1n) is 7.47. The molecule has 0 heterocycles. The van der Waals surface area contributed by atoms with Gasteiger partial charge in [0, 0.05) is 0 Å². The molecule has 7 heteroatoms. The molecule has 25 heavy (non-hydrogen) atoms. The molecule has 0 saturated heterocycles. The standard InChI is InChI=1S/C18H18F3NO3/c1-11(12-8-9-15(24-2)16(10-12)25-3)22-17(23)13-6-4-5-7-14(13)18(19,20)21/h4-11H,1-3H3,(H,22,23)/t11-/m1/s1. The van der Waals surface area contributed by atoms with Crippen LogP contribution in [0, 0.1) is 0 Å². The van der Waals surface area contributed by atoms with E-state index in [2.05, 4.69) is 5.32 Å². The third-order valence-corrected chi connectivity index (χ3v) is 3.73. The van der Waals surface area contributed by atoms with Gasteiger partial charge in [0.25, 0.3) is 5.91 Å². The quantitative estimate of drug-likeness (QED) is 0.876. The van der Waals surface area contributed by atoms with Gasteiger partial charge in [-0.2, -0.15) is 13.2 Å². The van der Waals surface area contributed by atoms with E-state index in [-0.39, 0.29) is 0 Å². The zero-order valence-electron chi connectivity index (χ0n) is 14.0. The summed E-state index contributed by atoms with van der Waals surface area (Å²) in [7, 11) is 2.97. The van der Waals surface area contributed by atoms with Gasteiger partial charge in [0.05, 0.1) is 31.4 Å². The molecule has 0 aliphatic rings. The van der Waals surface area contributed by atoms with Crippen LogP contribution in [0.25, 0.3) is 0 Å². The highest BCUT2D eigenvalue weighted by Crippen LogP contribution is 2.33. The lowest BCUT2D eigenvalue weighted by atomic mass is 10.0. The molecule has 2 aromatic carbocycles. The molecule has 0 bridgehead atoms. The normalized spacial score (nSPS) is 12.4. The highest BCUT2D eigenvalue weighted by molar-refractivity contribution is 5.96. The van der Waals surface area contributed by atoms with Crippen LogP contribution in [0.5, 0.6) is 11.5 Å². The van der Waals surface area contributed by atoms with Gasteiger partial charge in [0.15, 0.2) is 11.5 Å². The molecular weight excluding hydrogens is 335 g/mol. The molecule has 0 spiro atoms. The Morgan fingerprint density at radius 3 is 2.28 bits per heavy atom. The number of ether oxygens (including phenoxy) is 2. The average Bonchev–Trinajstić information content (AvgIpc) is 2.60. The summed E-state index contributed by atoms with van der Waals surface area (Å²) in [4.78, 5) is 12.3. The van der Waals surface area contributed by atoms with Crippen molar-refractivity contribution in [3.05, 3.63) is 59.2 Å². The maximum atomic E-state index is 13.0. The van der Waals surface area contributed by atoms with Crippen molar-refractivity contribution < 1.29 is 27.4 Å². The molecule has 1 amide bonds. The zero-order chi connectivity index (χ0) is 18.6. The van der Waals surface area contributed by atoms with Gasteiger partial charge in [-0.05, 0) is 36.8 Å². The fourth-order valence-corrected chi connectivity index (χ4v) is 2.41. The first-order chi connectivity index (χ1) is 11.8. The topological polar surface area (TPSA) is 47.6 Å². The van der Waals surface area contributed by atoms with Crippen molar-refractivity contribution in [1.29, 1.82) is 0 Å². The monoisotopic (exact) mass is 353 g/mol. The van der Waals surface area contributed by atoms with Gasteiger partial charge >= 0.3 is 6.18 Å². The molecule has 0 unspecified atom stereocenters. The average molecular weight is 353 g/mol. The lowest BCUT2D eigenvalue weighted by Gasteiger charge is -2.18. The molecular formula is C18H18F3NO3. The number of methoxy groups -OCH3 is 2. The SMILES string of the molecule is COc1ccc([C@@H](C)NC(=O)c2ccccc2C(F)(F)F)cc1OC. The van der Waals surface area contributed by atoms with Crippen molar-refractivity contribution in [1.82, 2.24) is 5.32 Å². The second kappa shape index (κ2) is 7.46. The van der Waals surface area contributed by atoms with Gasteiger partial charge in [-0.1, -0.05) is 18.2 Å². The molecule has 2 rings (SSSR count). The van der Waals surface area contributed by atoms with E-state index in [0.29, 0.717) is 17.1 Å². The van der Waals surface area contributed by atoms with E-state index in [4.69, 9.17) is 9.47 Å². The van der Waals surface area contributed by atoms with Crippen molar-refractivity contribution in [3.63, 3.8) is 0 Å². The van der Waals surface area contributed by atoms with Gasteiger partial charge in [0.1, 0.15) is 0 Å². The summed E-state index contributed by atoms with van der Waals surface area (Å²) in [5.74, 6) is 0.194. The molecule has 2 aromatic rings. The molecule has 134 valence electrons. The number of nitrogens with one attached hydrogen (secondary N) is 1. The van der Waals surface area contributed by atoms with Crippen LogP contribution in [-0.4, -0.2) is 20.1 Å². The molecule has 0 fully saturated rings. The predicted molar refractivity (Wildman–Crippen MR) is 86.9 cm³/mol. The van der Waals surface area contributed by atoms with E-state index < -0.39 is 29.3 Å². The third kappa shape index (κ3) is 4.23. The smallest absolute Gasteiger partial charge is 0.417 e. The van der Waals surface area contributed by atoms with E-state index in [1.54, 1.807) is 25.1 Å². The number of hydrogen-bond donors (Lipinski definition) is 1. The van der Waals surface area contributed by atoms with Gasteiger partial charge in [-0.15, -0.1) is 0 Å². The van der Waals surface area contributed by atoms with Gasteiger partial charge in [-0.3, -0.25) is 4.79 Å². The van der Waals surface area contributed by atoms with E-state index in [1.165, 1.54) is 26.4 Å². The minimum Gasteiger partial charge on any atom is -0.493 e. The fourth-order valence-electron chi connectivity index (χ4n) is 2.41. The van der Waals surface area contributed by atoms with E-state index in [1.807, 2.05) is 0 Å². The number of benzene rings is 2. The number of carbonyl (C=O) groups is 1. The van der Waals surface area contributed by atoms with Crippen molar-refractivity contribution in [2.75, 3.05) is 14.2 Å². The zero-order valence-corrected chi connectivity index (χ0v) is 14.0. The first-order valence-corrected chi connectivity index (χ1v) is 7.47. The number of alkyl halides is 3.